The van der Waals surface area contributed by atoms with Crippen molar-refractivity contribution in [2.75, 3.05) is 6.61 Å². The molecule has 3 N–H and O–H groups in total. The van der Waals surface area contributed by atoms with Crippen LogP contribution in [0, 0.1) is 18.3 Å². The molecular weight excluding hydrogens is 212 g/mol. The third kappa shape index (κ3) is 2.78. The molecule has 0 atom stereocenters. The molecule has 0 saturated heterocycles. The Bertz CT molecular complexity index is 411. The van der Waals surface area contributed by atoms with Gasteiger partial charge in [0.25, 0.3) is 0 Å². The van der Waals surface area contributed by atoms with E-state index >= 15 is 0 Å². The number of ether oxygens (including phenoxy) is 1. The third-order valence-corrected chi connectivity index (χ3v) is 3.50. The zero-order valence-corrected chi connectivity index (χ0v) is 10.3. The molecule has 0 aliphatic heterocycles. The summed E-state index contributed by atoms with van der Waals surface area (Å²) in [5.74, 6) is 1.70. The quantitative estimate of drug-likeness (QED) is 0.605. The summed E-state index contributed by atoms with van der Waals surface area (Å²) in [6.07, 6.45) is 5.17. The average molecular weight is 232 g/mol. The van der Waals surface area contributed by atoms with Crippen LogP contribution in [0.5, 0.6) is 5.75 Å². The van der Waals surface area contributed by atoms with Crippen molar-refractivity contribution >= 4 is 5.84 Å². The van der Waals surface area contributed by atoms with Gasteiger partial charge in [-0.3, -0.25) is 5.41 Å². The second-order valence-electron chi connectivity index (χ2n) is 4.80. The van der Waals surface area contributed by atoms with Crippen LogP contribution in [0.3, 0.4) is 0 Å². The molecule has 17 heavy (non-hydrogen) atoms. The van der Waals surface area contributed by atoms with Crippen molar-refractivity contribution in [1.82, 2.24) is 0 Å². The summed E-state index contributed by atoms with van der Waals surface area (Å²) in [6.45, 7) is 2.72. The summed E-state index contributed by atoms with van der Waals surface area (Å²) in [4.78, 5) is 0. The normalized spacial score (nSPS) is 15.4. The Kier molecular flexibility index (Phi) is 3.67. The van der Waals surface area contributed by atoms with Gasteiger partial charge in [-0.2, -0.15) is 0 Å². The van der Waals surface area contributed by atoms with Crippen LogP contribution in [0.4, 0.5) is 0 Å². The fraction of sp³-hybridized carbons (Fsp3) is 0.500. The molecule has 2 rings (SSSR count). The largest absolute Gasteiger partial charge is 0.493 e. The Morgan fingerprint density at radius 1 is 1.47 bits per heavy atom. The molecule has 0 radical (unpaired) electrons. The fourth-order valence-electron chi connectivity index (χ4n) is 2.17. The molecule has 0 amide bonds. The van der Waals surface area contributed by atoms with E-state index in [0.717, 1.165) is 30.3 Å². The van der Waals surface area contributed by atoms with Crippen molar-refractivity contribution in [3.05, 3.63) is 29.3 Å². The van der Waals surface area contributed by atoms with Gasteiger partial charge in [0.1, 0.15) is 11.6 Å². The summed E-state index contributed by atoms with van der Waals surface area (Å²) in [7, 11) is 0. The second kappa shape index (κ2) is 5.21. The molecule has 0 aromatic heterocycles. The van der Waals surface area contributed by atoms with Crippen molar-refractivity contribution in [3.8, 4) is 5.75 Å². The topological polar surface area (TPSA) is 59.1 Å². The number of nitrogens with two attached hydrogens (primary N) is 1. The van der Waals surface area contributed by atoms with Crippen molar-refractivity contribution in [1.29, 1.82) is 5.41 Å². The summed E-state index contributed by atoms with van der Waals surface area (Å²) in [6, 6.07) is 5.74. The number of nitrogens with one attached hydrogen (secondary N) is 1. The highest BCUT2D eigenvalue weighted by molar-refractivity contribution is 5.98. The maximum atomic E-state index is 7.54. The summed E-state index contributed by atoms with van der Waals surface area (Å²) >= 11 is 0. The molecule has 1 saturated carbocycles. The predicted molar refractivity (Wildman–Crippen MR) is 69.6 cm³/mol. The zero-order valence-electron chi connectivity index (χ0n) is 10.3. The lowest BCUT2D eigenvalue weighted by Gasteiger charge is -2.25. The SMILES string of the molecule is Cc1cccc(C(=N)N)c1OCCC1CCC1. The first-order valence-corrected chi connectivity index (χ1v) is 6.25. The molecule has 0 heterocycles. The van der Waals surface area contributed by atoms with Gasteiger partial charge >= 0.3 is 0 Å². The van der Waals surface area contributed by atoms with E-state index in [2.05, 4.69) is 0 Å². The first-order valence-electron chi connectivity index (χ1n) is 6.25. The monoisotopic (exact) mass is 232 g/mol. The first-order chi connectivity index (χ1) is 8.18. The number of hydrogen-bond acceptors (Lipinski definition) is 2. The van der Waals surface area contributed by atoms with E-state index in [1.165, 1.54) is 19.3 Å². The van der Waals surface area contributed by atoms with Gasteiger partial charge in [0.2, 0.25) is 0 Å². The number of rotatable bonds is 5. The van der Waals surface area contributed by atoms with Crippen molar-refractivity contribution in [3.63, 3.8) is 0 Å². The van der Waals surface area contributed by atoms with Gasteiger partial charge in [-0.1, -0.05) is 31.4 Å². The van der Waals surface area contributed by atoms with Crippen molar-refractivity contribution in [2.24, 2.45) is 11.7 Å². The maximum absolute atomic E-state index is 7.54. The van der Waals surface area contributed by atoms with E-state index in [0.29, 0.717) is 5.56 Å². The van der Waals surface area contributed by atoms with Gasteiger partial charge < -0.3 is 10.5 Å². The molecule has 1 aromatic carbocycles. The number of aryl methyl sites for hydroxylation is 1. The molecule has 3 heteroatoms. The third-order valence-electron chi connectivity index (χ3n) is 3.50. The molecule has 1 aliphatic rings. The Balaban J connectivity index is 2.00. The van der Waals surface area contributed by atoms with Crippen LogP contribution in [0.1, 0.15) is 36.8 Å². The Morgan fingerprint density at radius 3 is 2.82 bits per heavy atom. The lowest BCUT2D eigenvalue weighted by molar-refractivity contribution is 0.221. The van der Waals surface area contributed by atoms with Gasteiger partial charge in [-0.25, -0.2) is 0 Å². The Labute approximate surface area is 102 Å². The van der Waals surface area contributed by atoms with E-state index in [-0.39, 0.29) is 5.84 Å². The average Bonchev–Trinajstić information content (AvgIpc) is 2.23. The molecule has 1 fully saturated rings. The van der Waals surface area contributed by atoms with Crippen LogP contribution in [-0.4, -0.2) is 12.4 Å². The number of benzene rings is 1. The minimum absolute atomic E-state index is 0.0762. The van der Waals surface area contributed by atoms with Crippen LogP contribution in [0.25, 0.3) is 0 Å². The molecule has 1 aromatic rings. The summed E-state index contributed by atoms with van der Waals surface area (Å²) in [5, 5.41) is 7.54. The minimum atomic E-state index is 0.0762. The molecular formula is C14H20N2O. The number of nitrogen functional groups attached to an aromatic ring is 1. The molecule has 0 unspecified atom stereocenters. The van der Waals surface area contributed by atoms with E-state index < -0.39 is 0 Å². The number of hydrogen-bond donors (Lipinski definition) is 2. The highest BCUT2D eigenvalue weighted by atomic mass is 16.5. The van der Waals surface area contributed by atoms with Gasteiger partial charge in [-0.15, -0.1) is 0 Å². The van der Waals surface area contributed by atoms with Crippen LogP contribution in [-0.2, 0) is 0 Å². The van der Waals surface area contributed by atoms with E-state index in [1.54, 1.807) is 0 Å². The Hall–Kier alpha value is -1.51. The van der Waals surface area contributed by atoms with Crippen LogP contribution >= 0.6 is 0 Å². The molecule has 3 nitrogen and oxygen atoms in total. The first kappa shape index (κ1) is 12.0. The summed E-state index contributed by atoms with van der Waals surface area (Å²) < 4.78 is 5.81. The van der Waals surface area contributed by atoms with Gasteiger partial charge in [0.05, 0.1) is 12.2 Å². The smallest absolute Gasteiger partial charge is 0.133 e. The highest BCUT2D eigenvalue weighted by Gasteiger charge is 2.17. The molecule has 0 bridgehead atoms. The molecule has 0 spiro atoms. The zero-order chi connectivity index (χ0) is 12.3. The molecule has 1 aliphatic carbocycles. The van der Waals surface area contributed by atoms with Crippen LogP contribution in [0.2, 0.25) is 0 Å². The van der Waals surface area contributed by atoms with E-state index in [9.17, 15) is 0 Å². The van der Waals surface area contributed by atoms with Crippen molar-refractivity contribution in [2.45, 2.75) is 32.6 Å². The number of para-hydroxylation sites is 1. The highest BCUT2D eigenvalue weighted by Crippen LogP contribution is 2.30. The van der Waals surface area contributed by atoms with Crippen LogP contribution < -0.4 is 10.5 Å². The second-order valence-corrected chi connectivity index (χ2v) is 4.80. The minimum Gasteiger partial charge on any atom is -0.493 e. The van der Waals surface area contributed by atoms with Crippen LogP contribution in [0.15, 0.2) is 18.2 Å². The fourth-order valence-corrected chi connectivity index (χ4v) is 2.17. The predicted octanol–water partition coefficient (Wildman–Crippen LogP) is 2.85. The summed E-state index contributed by atoms with van der Waals surface area (Å²) in [5.41, 5.74) is 7.31. The van der Waals surface area contributed by atoms with E-state index in [4.69, 9.17) is 15.9 Å². The number of amidine groups is 1. The van der Waals surface area contributed by atoms with E-state index in [1.807, 2.05) is 25.1 Å². The lowest BCUT2D eigenvalue weighted by Crippen LogP contribution is -2.17. The lowest BCUT2D eigenvalue weighted by atomic mass is 9.83. The van der Waals surface area contributed by atoms with Gasteiger partial charge in [0.15, 0.2) is 0 Å². The molecule has 92 valence electrons. The van der Waals surface area contributed by atoms with Crippen molar-refractivity contribution < 1.29 is 4.74 Å². The van der Waals surface area contributed by atoms with Gasteiger partial charge in [-0.05, 0) is 30.9 Å². The standard InChI is InChI=1S/C14H20N2O/c1-10-4-2-7-12(14(15)16)13(10)17-9-8-11-5-3-6-11/h2,4,7,11H,3,5-6,8-9H2,1H3,(H3,15,16). The maximum Gasteiger partial charge on any atom is 0.133 e. The van der Waals surface area contributed by atoms with Gasteiger partial charge in [0, 0.05) is 0 Å². The Morgan fingerprint density at radius 2 is 2.24 bits per heavy atom.